The molecule has 0 amide bonds. The lowest BCUT2D eigenvalue weighted by Crippen LogP contribution is -1.95. The van der Waals surface area contributed by atoms with Crippen LogP contribution in [0, 0.1) is 0 Å². The van der Waals surface area contributed by atoms with E-state index in [1.807, 2.05) is 0 Å². The second-order valence-corrected chi connectivity index (χ2v) is 5.26. The highest BCUT2D eigenvalue weighted by Crippen LogP contribution is 2.34. The Kier molecular flexibility index (Phi) is 2.88. The lowest BCUT2D eigenvalue weighted by atomic mass is 10.2. The third-order valence-corrected chi connectivity index (χ3v) is 3.72. The minimum atomic E-state index is 0.117. The Bertz CT molecular complexity index is 768. The fraction of sp³-hybridized carbons (Fsp3) is 0. The molecule has 0 spiro atoms. The van der Waals surface area contributed by atoms with Gasteiger partial charge in [0.2, 0.25) is 0 Å². The molecule has 0 unspecified atom stereocenters. The molecule has 0 bridgehead atoms. The average molecular weight is 340 g/mol. The van der Waals surface area contributed by atoms with Gasteiger partial charge < -0.3 is 10.2 Å². The molecule has 0 saturated carbocycles. The molecule has 3 rings (SSSR count). The zero-order valence-corrected chi connectivity index (χ0v) is 11.9. The number of nitrogens with zero attached hydrogens (tertiary/aromatic N) is 2. The van der Waals surface area contributed by atoms with Crippen molar-refractivity contribution in [2.24, 2.45) is 0 Å². The van der Waals surface area contributed by atoms with E-state index in [-0.39, 0.29) is 11.5 Å². The summed E-state index contributed by atoms with van der Waals surface area (Å²) in [6.45, 7) is 0. The molecule has 1 aromatic heterocycles. The number of aromatic nitrogens is 2. The molecule has 4 nitrogen and oxygen atoms in total. The fourth-order valence-electron chi connectivity index (χ4n) is 1.87. The van der Waals surface area contributed by atoms with E-state index in [4.69, 9.17) is 11.6 Å². The van der Waals surface area contributed by atoms with Crippen molar-refractivity contribution >= 4 is 38.4 Å². The van der Waals surface area contributed by atoms with Gasteiger partial charge in [-0.15, -0.1) is 0 Å². The third-order valence-electron chi connectivity index (χ3n) is 2.75. The van der Waals surface area contributed by atoms with Gasteiger partial charge in [0.05, 0.1) is 5.69 Å². The van der Waals surface area contributed by atoms with E-state index in [0.717, 1.165) is 5.69 Å². The zero-order chi connectivity index (χ0) is 13.6. The summed E-state index contributed by atoms with van der Waals surface area (Å²) in [5.41, 5.74) is 1.39. The first-order chi connectivity index (χ1) is 9.06. The highest BCUT2D eigenvalue weighted by Gasteiger charge is 2.14. The number of phenolic OH excluding ortho intramolecular Hbond substituents is 2. The number of hydrogen-bond acceptors (Lipinski definition) is 3. The van der Waals surface area contributed by atoms with Gasteiger partial charge in [-0.25, -0.2) is 4.68 Å². The standard InChI is InChI=1S/C13H8BrClN2O2/c14-11-6-9(19)5-10-12(11)16-17(13(10)15)7-1-3-8(18)4-2-7/h1-6,18-19H. The van der Waals surface area contributed by atoms with E-state index in [0.29, 0.717) is 20.5 Å². The first kappa shape index (κ1) is 12.3. The van der Waals surface area contributed by atoms with E-state index in [9.17, 15) is 10.2 Å². The minimum Gasteiger partial charge on any atom is -0.508 e. The highest BCUT2D eigenvalue weighted by molar-refractivity contribution is 9.10. The summed E-state index contributed by atoms with van der Waals surface area (Å²) in [4.78, 5) is 0. The quantitative estimate of drug-likeness (QED) is 0.708. The molecule has 96 valence electrons. The number of aromatic hydroxyl groups is 2. The molecule has 2 N–H and O–H groups in total. The van der Waals surface area contributed by atoms with Crippen molar-refractivity contribution in [3.8, 4) is 17.2 Å². The molecule has 0 aliphatic rings. The van der Waals surface area contributed by atoms with Crippen LogP contribution in [0.1, 0.15) is 0 Å². The van der Waals surface area contributed by atoms with E-state index >= 15 is 0 Å². The van der Waals surface area contributed by atoms with Crippen molar-refractivity contribution in [2.45, 2.75) is 0 Å². The Morgan fingerprint density at radius 3 is 2.42 bits per heavy atom. The van der Waals surface area contributed by atoms with Crippen LogP contribution >= 0.6 is 27.5 Å². The summed E-state index contributed by atoms with van der Waals surface area (Å²) >= 11 is 9.63. The number of rotatable bonds is 1. The van der Waals surface area contributed by atoms with Gasteiger partial charge in [0.25, 0.3) is 0 Å². The minimum absolute atomic E-state index is 0.117. The maximum atomic E-state index is 9.59. The van der Waals surface area contributed by atoms with Gasteiger partial charge in [0.1, 0.15) is 22.2 Å². The van der Waals surface area contributed by atoms with Crippen LogP contribution < -0.4 is 0 Å². The molecular formula is C13H8BrClN2O2. The molecule has 0 aliphatic carbocycles. The van der Waals surface area contributed by atoms with Crippen molar-refractivity contribution in [1.82, 2.24) is 9.78 Å². The molecule has 0 radical (unpaired) electrons. The molecule has 0 saturated heterocycles. The Morgan fingerprint density at radius 2 is 1.74 bits per heavy atom. The molecule has 0 fully saturated rings. The first-order valence-corrected chi connectivity index (χ1v) is 6.59. The summed E-state index contributed by atoms with van der Waals surface area (Å²) in [5, 5.41) is 24.3. The van der Waals surface area contributed by atoms with E-state index in [1.54, 1.807) is 41.1 Å². The molecule has 1 heterocycles. The number of phenols is 2. The number of fused-ring (bicyclic) bond motifs is 1. The Hall–Kier alpha value is -1.72. The van der Waals surface area contributed by atoms with Gasteiger partial charge >= 0.3 is 0 Å². The van der Waals surface area contributed by atoms with Gasteiger partial charge in [0, 0.05) is 9.86 Å². The third kappa shape index (κ3) is 2.05. The lowest BCUT2D eigenvalue weighted by molar-refractivity contribution is 0.475. The smallest absolute Gasteiger partial charge is 0.140 e. The van der Waals surface area contributed by atoms with Crippen molar-refractivity contribution < 1.29 is 10.2 Å². The Balaban J connectivity index is 2.28. The average Bonchev–Trinajstić information content (AvgIpc) is 2.69. The molecule has 0 aliphatic heterocycles. The Morgan fingerprint density at radius 1 is 1.05 bits per heavy atom. The fourth-order valence-corrected chi connectivity index (χ4v) is 2.67. The number of benzene rings is 2. The molecule has 19 heavy (non-hydrogen) atoms. The second kappa shape index (κ2) is 4.43. The summed E-state index contributed by atoms with van der Waals surface area (Å²) in [7, 11) is 0. The maximum Gasteiger partial charge on any atom is 0.140 e. The maximum absolute atomic E-state index is 9.59. The van der Waals surface area contributed by atoms with Gasteiger partial charge in [-0.05, 0) is 52.3 Å². The first-order valence-electron chi connectivity index (χ1n) is 5.42. The predicted octanol–water partition coefficient (Wildman–Crippen LogP) is 3.85. The van der Waals surface area contributed by atoms with E-state index in [2.05, 4.69) is 21.0 Å². The van der Waals surface area contributed by atoms with Crippen molar-refractivity contribution in [1.29, 1.82) is 0 Å². The summed E-state index contributed by atoms with van der Waals surface area (Å²) in [6.07, 6.45) is 0. The van der Waals surface area contributed by atoms with Gasteiger partial charge in [-0.2, -0.15) is 5.10 Å². The van der Waals surface area contributed by atoms with E-state index < -0.39 is 0 Å². The van der Waals surface area contributed by atoms with Crippen LogP contribution in [-0.4, -0.2) is 20.0 Å². The van der Waals surface area contributed by atoms with Crippen molar-refractivity contribution in [3.63, 3.8) is 0 Å². The molecule has 2 aromatic carbocycles. The van der Waals surface area contributed by atoms with Crippen LogP contribution in [0.15, 0.2) is 40.9 Å². The number of hydrogen-bond donors (Lipinski definition) is 2. The van der Waals surface area contributed by atoms with Gasteiger partial charge in [0.15, 0.2) is 0 Å². The molecular weight excluding hydrogens is 332 g/mol. The topological polar surface area (TPSA) is 58.3 Å². The lowest BCUT2D eigenvalue weighted by Gasteiger charge is -2.02. The largest absolute Gasteiger partial charge is 0.508 e. The summed E-state index contributed by atoms with van der Waals surface area (Å²) in [6, 6.07) is 9.66. The van der Waals surface area contributed by atoms with Crippen LogP contribution in [-0.2, 0) is 0 Å². The van der Waals surface area contributed by atoms with Crippen molar-refractivity contribution in [3.05, 3.63) is 46.0 Å². The van der Waals surface area contributed by atoms with Crippen LogP contribution in [0.3, 0.4) is 0 Å². The van der Waals surface area contributed by atoms with Crippen LogP contribution in [0.4, 0.5) is 0 Å². The molecule has 6 heteroatoms. The normalized spacial score (nSPS) is 11.1. The summed E-state index contributed by atoms with van der Waals surface area (Å²) < 4.78 is 2.22. The zero-order valence-electron chi connectivity index (χ0n) is 9.51. The molecule has 0 atom stereocenters. The van der Waals surface area contributed by atoms with Crippen molar-refractivity contribution in [2.75, 3.05) is 0 Å². The monoisotopic (exact) mass is 338 g/mol. The molecule has 3 aromatic rings. The Labute approximate surface area is 122 Å². The van der Waals surface area contributed by atoms with Crippen LogP contribution in [0.5, 0.6) is 11.5 Å². The predicted molar refractivity (Wildman–Crippen MR) is 77.1 cm³/mol. The van der Waals surface area contributed by atoms with E-state index in [1.165, 1.54) is 0 Å². The summed E-state index contributed by atoms with van der Waals surface area (Å²) in [5.74, 6) is 0.293. The van der Waals surface area contributed by atoms with Crippen LogP contribution in [0.2, 0.25) is 5.15 Å². The van der Waals surface area contributed by atoms with Gasteiger partial charge in [-0.1, -0.05) is 11.6 Å². The van der Waals surface area contributed by atoms with Crippen LogP contribution in [0.25, 0.3) is 16.6 Å². The number of halogens is 2. The SMILES string of the molecule is Oc1ccc(-n2nc3c(Br)cc(O)cc3c2Cl)cc1. The highest BCUT2D eigenvalue weighted by atomic mass is 79.9. The van der Waals surface area contributed by atoms with Gasteiger partial charge in [-0.3, -0.25) is 0 Å². The second-order valence-electron chi connectivity index (χ2n) is 4.04.